The van der Waals surface area contributed by atoms with E-state index in [1.165, 1.54) is 11.8 Å². The second kappa shape index (κ2) is 6.94. The average molecular weight is 328 g/mol. The Balaban J connectivity index is 1.62. The van der Waals surface area contributed by atoms with Gasteiger partial charge in [-0.05, 0) is 30.2 Å². The molecule has 0 atom stereocenters. The molecule has 0 aliphatic rings. The molecule has 3 rings (SSSR count). The minimum Gasteiger partial charge on any atom is -0.325 e. The number of amides is 1. The first-order valence-corrected chi connectivity index (χ1v) is 8.92. The highest BCUT2D eigenvalue weighted by Crippen LogP contribution is 2.29. The van der Waals surface area contributed by atoms with Crippen molar-refractivity contribution in [2.24, 2.45) is 0 Å². The van der Waals surface area contributed by atoms with Crippen LogP contribution in [-0.2, 0) is 11.2 Å². The van der Waals surface area contributed by atoms with Crippen LogP contribution in [0, 0.1) is 0 Å². The van der Waals surface area contributed by atoms with Crippen molar-refractivity contribution in [3.05, 3.63) is 54.1 Å². The van der Waals surface area contributed by atoms with Gasteiger partial charge in [-0.15, -0.1) is 11.3 Å². The second-order valence-corrected chi connectivity index (χ2v) is 7.05. The van der Waals surface area contributed by atoms with E-state index in [0.717, 1.165) is 32.2 Å². The first-order valence-electron chi connectivity index (χ1n) is 7.12. The number of thioether (sulfide) groups is 1. The quantitative estimate of drug-likeness (QED) is 0.697. The number of aryl methyl sites for hydroxylation is 1. The van der Waals surface area contributed by atoms with Crippen LogP contribution in [0.15, 0.2) is 52.9 Å². The van der Waals surface area contributed by atoms with E-state index in [1.807, 2.05) is 42.5 Å². The van der Waals surface area contributed by atoms with Crippen molar-refractivity contribution < 1.29 is 4.79 Å². The van der Waals surface area contributed by atoms with Crippen molar-refractivity contribution in [3.63, 3.8) is 0 Å². The number of hydrogen-bond acceptors (Lipinski definition) is 4. The van der Waals surface area contributed by atoms with Crippen molar-refractivity contribution >= 4 is 44.9 Å². The molecular weight excluding hydrogens is 312 g/mol. The molecule has 22 heavy (non-hydrogen) atoms. The van der Waals surface area contributed by atoms with Crippen LogP contribution in [0.4, 0.5) is 5.69 Å². The van der Waals surface area contributed by atoms with Crippen LogP contribution in [0.5, 0.6) is 0 Å². The smallest absolute Gasteiger partial charge is 0.234 e. The molecule has 0 spiro atoms. The number of aromatic nitrogens is 1. The monoisotopic (exact) mass is 328 g/mol. The Labute approximate surface area is 137 Å². The maximum atomic E-state index is 12.1. The number of anilines is 1. The van der Waals surface area contributed by atoms with Crippen molar-refractivity contribution in [3.8, 4) is 0 Å². The summed E-state index contributed by atoms with van der Waals surface area (Å²) >= 11 is 3.11. The van der Waals surface area contributed by atoms with Crippen molar-refractivity contribution in [1.29, 1.82) is 0 Å². The maximum Gasteiger partial charge on any atom is 0.234 e. The summed E-state index contributed by atoms with van der Waals surface area (Å²) in [5.41, 5.74) is 3.05. The molecule has 5 heteroatoms. The van der Waals surface area contributed by atoms with E-state index in [4.69, 9.17) is 0 Å². The lowest BCUT2D eigenvalue weighted by Gasteiger charge is -2.08. The van der Waals surface area contributed by atoms with Crippen LogP contribution >= 0.6 is 23.1 Å². The predicted octanol–water partition coefficient (Wildman–Crippen LogP) is 4.59. The zero-order chi connectivity index (χ0) is 15.4. The van der Waals surface area contributed by atoms with Gasteiger partial charge in [0.2, 0.25) is 5.91 Å². The van der Waals surface area contributed by atoms with Gasteiger partial charge in [0.25, 0.3) is 0 Å². The summed E-state index contributed by atoms with van der Waals surface area (Å²) in [6.45, 7) is 2.08. The van der Waals surface area contributed by atoms with E-state index in [1.54, 1.807) is 11.3 Å². The lowest BCUT2D eigenvalue weighted by Crippen LogP contribution is -2.15. The van der Waals surface area contributed by atoms with Gasteiger partial charge in [-0.25, -0.2) is 4.98 Å². The Morgan fingerprint density at radius 1 is 1.18 bits per heavy atom. The lowest BCUT2D eigenvalue weighted by molar-refractivity contribution is -0.113. The van der Waals surface area contributed by atoms with E-state index in [2.05, 4.69) is 23.3 Å². The number of para-hydroxylation sites is 2. The predicted molar refractivity (Wildman–Crippen MR) is 94.8 cm³/mol. The van der Waals surface area contributed by atoms with Gasteiger partial charge in [0.15, 0.2) is 4.34 Å². The largest absolute Gasteiger partial charge is 0.325 e. The SMILES string of the molecule is CCc1ccccc1NC(=O)CSc1nc2ccccc2s1. The minimum absolute atomic E-state index is 0.00477. The van der Waals surface area contributed by atoms with Crippen molar-refractivity contribution in [2.75, 3.05) is 11.1 Å². The van der Waals surface area contributed by atoms with Gasteiger partial charge in [0.1, 0.15) is 0 Å². The summed E-state index contributed by atoms with van der Waals surface area (Å²) in [7, 11) is 0. The van der Waals surface area contributed by atoms with E-state index in [-0.39, 0.29) is 5.91 Å². The number of carbonyl (C=O) groups excluding carboxylic acids is 1. The fourth-order valence-corrected chi connectivity index (χ4v) is 4.05. The van der Waals surface area contributed by atoms with Crippen LogP contribution in [0.25, 0.3) is 10.2 Å². The van der Waals surface area contributed by atoms with Crippen LogP contribution in [-0.4, -0.2) is 16.6 Å². The number of hydrogen-bond donors (Lipinski definition) is 1. The van der Waals surface area contributed by atoms with Crippen LogP contribution in [0.1, 0.15) is 12.5 Å². The van der Waals surface area contributed by atoms with E-state index < -0.39 is 0 Å². The van der Waals surface area contributed by atoms with E-state index >= 15 is 0 Å². The third kappa shape index (κ3) is 3.48. The zero-order valence-electron chi connectivity index (χ0n) is 12.2. The number of fused-ring (bicyclic) bond motifs is 1. The topological polar surface area (TPSA) is 42.0 Å². The molecule has 0 radical (unpaired) electrons. The van der Waals surface area contributed by atoms with E-state index in [9.17, 15) is 4.79 Å². The van der Waals surface area contributed by atoms with Gasteiger partial charge in [0, 0.05) is 5.69 Å². The molecule has 0 saturated carbocycles. The molecule has 0 unspecified atom stereocenters. The molecular formula is C17H16N2OS2. The number of carbonyl (C=O) groups is 1. The minimum atomic E-state index is 0.00477. The van der Waals surface area contributed by atoms with Crippen LogP contribution < -0.4 is 5.32 Å². The summed E-state index contributed by atoms with van der Waals surface area (Å²) in [5.74, 6) is 0.378. The third-order valence-electron chi connectivity index (χ3n) is 3.27. The molecule has 0 fully saturated rings. The van der Waals surface area contributed by atoms with Crippen LogP contribution in [0.3, 0.4) is 0 Å². The maximum absolute atomic E-state index is 12.1. The number of nitrogens with zero attached hydrogens (tertiary/aromatic N) is 1. The van der Waals surface area contributed by atoms with Gasteiger partial charge in [-0.2, -0.15) is 0 Å². The zero-order valence-corrected chi connectivity index (χ0v) is 13.8. The molecule has 3 nitrogen and oxygen atoms in total. The Kier molecular flexibility index (Phi) is 4.75. The highest BCUT2D eigenvalue weighted by Gasteiger charge is 2.09. The normalized spacial score (nSPS) is 10.8. The summed E-state index contributed by atoms with van der Waals surface area (Å²) in [5, 5.41) is 2.98. The van der Waals surface area contributed by atoms with E-state index in [0.29, 0.717) is 5.75 Å². The summed E-state index contributed by atoms with van der Waals surface area (Å²) < 4.78 is 2.09. The molecule has 0 bridgehead atoms. The highest BCUT2D eigenvalue weighted by atomic mass is 32.2. The van der Waals surface area contributed by atoms with Gasteiger partial charge < -0.3 is 5.32 Å². The Morgan fingerprint density at radius 3 is 2.77 bits per heavy atom. The highest BCUT2D eigenvalue weighted by molar-refractivity contribution is 8.01. The summed E-state index contributed by atoms with van der Waals surface area (Å²) in [6.07, 6.45) is 0.904. The number of thiazole rings is 1. The lowest BCUT2D eigenvalue weighted by atomic mass is 10.1. The molecule has 1 N–H and O–H groups in total. The van der Waals surface area contributed by atoms with Crippen molar-refractivity contribution in [1.82, 2.24) is 4.98 Å². The Hall–Kier alpha value is -1.85. The fourth-order valence-electron chi connectivity index (χ4n) is 2.18. The molecule has 0 saturated heterocycles. The molecule has 3 aromatic rings. The third-order valence-corrected chi connectivity index (χ3v) is 5.45. The number of benzene rings is 2. The summed E-state index contributed by atoms with van der Waals surface area (Å²) in [4.78, 5) is 16.6. The second-order valence-electron chi connectivity index (χ2n) is 4.80. The number of rotatable bonds is 5. The molecule has 0 aliphatic carbocycles. The first kappa shape index (κ1) is 15.1. The molecule has 1 amide bonds. The number of nitrogens with one attached hydrogen (secondary N) is 1. The van der Waals surface area contributed by atoms with Gasteiger partial charge >= 0.3 is 0 Å². The Bertz CT molecular complexity index is 765. The first-order chi connectivity index (χ1) is 10.8. The molecule has 1 aromatic heterocycles. The molecule has 112 valence electrons. The van der Waals surface area contributed by atoms with Crippen molar-refractivity contribution in [2.45, 2.75) is 17.7 Å². The van der Waals surface area contributed by atoms with Gasteiger partial charge in [-0.3, -0.25) is 4.79 Å². The average Bonchev–Trinajstić information content (AvgIpc) is 2.96. The standard InChI is InChI=1S/C17H16N2OS2/c1-2-12-7-3-4-8-13(12)18-16(20)11-21-17-19-14-9-5-6-10-15(14)22-17/h3-10H,2,11H2,1H3,(H,18,20). The molecule has 2 aromatic carbocycles. The van der Waals surface area contributed by atoms with Gasteiger partial charge in [-0.1, -0.05) is 49.0 Å². The Morgan fingerprint density at radius 2 is 1.95 bits per heavy atom. The summed E-state index contributed by atoms with van der Waals surface area (Å²) in [6, 6.07) is 15.9. The van der Waals surface area contributed by atoms with Gasteiger partial charge in [0.05, 0.1) is 16.0 Å². The molecule has 0 aliphatic heterocycles. The fraction of sp³-hybridized carbons (Fsp3) is 0.176. The van der Waals surface area contributed by atoms with Crippen LogP contribution in [0.2, 0.25) is 0 Å². The molecule has 1 heterocycles.